The lowest BCUT2D eigenvalue weighted by atomic mass is 9.33. The minimum Gasteiger partial charge on any atom is -0.454 e. The standard InChI is InChI=1S/C69H70BN3O/c1-42-34-59-63-60(35-42)73(56-39-51-49(36-43(56)2)66(6,7)32-33-67(51,8)9)58-40-52-50(68(10,11)41-69(52,12)13)38-54(58)70(63)53-30-28-46(71(44-22-16-14-17-23-44)45-24-18-15-19-25-45)37-57(53)72(59)55-31-29-48(65(3,4)5)62-47-26-20-21-27-61(47)74-64(55)62/h14-31,34-40H,32-33,41H2,1-13H3. The predicted molar refractivity (Wildman–Crippen MR) is 317 cm³/mol. The van der Waals surface area contributed by atoms with Crippen LogP contribution in [0.25, 0.3) is 21.9 Å². The first-order valence-electron chi connectivity index (χ1n) is 27.2. The van der Waals surface area contributed by atoms with E-state index < -0.39 is 0 Å². The second-order valence-electron chi connectivity index (χ2n) is 26.1. The number of furan rings is 1. The van der Waals surface area contributed by atoms with E-state index in [1.165, 1.54) is 89.9 Å². The molecular weight excluding hydrogens is 898 g/mol. The van der Waals surface area contributed by atoms with Crippen molar-refractivity contribution in [3.05, 3.63) is 191 Å². The van der Waals surface area contributed by atoms with Crippen molar-refractivity contribution in [2.24, 2.45) is 0 Å². The van der Waals surface area contributed by atoms with Crippen LogP contribution in [0, 0.1) is 13.8 Å². The van der Waals surface area contributed by atoms with Gasteiger partial charge in [0.2, 0.25) is 0 Å². The Bertz CT molecular complexity index is 3750. The van der Waals surface area contributed by atoms with Gasteiger partial charge in [0.15, 0.2) is 5.58 Å². The Balaban J connectivity index is 1.16. The molecule has 0 N–H and O–H groups in total. The molecule has 2 aliphatic carbocycles. The van der Waals surface area contributed by atoms with E-state index in [0.717, 1.165) is 57.8 Å². The van der Waals surface area contributed by atoms with E-state index in [4.69, 9.17) is 4.42 Å². The first kappa shape index (κ1) is 46.8. The highest BCUT2D eigenvalue weighted by Gasteiger charge is 2.49. The third kappa shape index (κ3) is 6.87. The molecule has 0 spiro atoms. The molecule has 74 heavy (non-hydrogen) atoms. The van der Waals surface area contributed by atoms with Gasteiger partial charge in [0.25, 0.3) is 6.71 Å². The summed E-state index contributed by atoms with van der Waals surface area (Å²) in [5, 5.41) is 2.34. The summed E-state index contributed by atoms with van der Waals surface area (Å²) >= 11 is 0. The molecule has 0 atom stereocenters. The van der Waals surface area contributed by atoms with Gasteiger partial charge < -0.3 is 19.1 Å². The van der Waals surface area contributed by atoms with Crippen LogP contribution in [0.3, 0.4) is 0 Å². The quantitative estimate of drug-likeness (QED) is 0.160. The van der Waals surface area contributed by atoms with Gasteiger partial charge in [-0.15, -0.1) is 0 Å². The largest absolute Gasteiger partial charge is 0.454 e. The fourth-order valence-electron chi connectivity index (χ4n) is 14.4. The third-order valence-corrected chi connectivity index (χ3v) is 17.9. The van der Waals surface area contributed by atoms with Crippen LogP contribution < -0.4 is 31.1 Å². The van der Waals surface area contributed by atoms with Crippen LogP contribution >= 0.6 is 0 Å². The molecule has 5 heteroatoms. The Labute approximate surface area is 440 Å². The Kier molecular flexibility index (Phi) is 9.97. The summed E-state index contributed by atoms with van der Waals surface area (Å²) < 4.78 is 7.23. The lowest BCUT2D eigenvalue weighted by Gasteiger charge is -2.46. The lowest BCUT2D eigenvalue weighted by Crippen LogP contribution is -2.61. The number of hydrogen-bond acceptors (Lipinski definition) is 4. The maximum Gasteiger partial charge on any atom is 0.252 e. The molecule has 8 aromatic carbocycles. The lowest BCUT2D eigenvalue weighted by molar-refractivity contribution is 0.332. The molecule has 4 aliphatic rings. The number of anilines is 9. The summed E-state index contributed by atoms with van der Waals surface area (Å²) in [5.41, 5.74) is 26.1. The fraction of sp³-hybridized carbons (Fsp3) is 0.304. The van der Waals surface area contributed by atoms with Gasteiger partial charge >= 0.3 is 0 Å². The number of para-hydroxylation sites is 3. The predicted octanol–water partition coefficient (Wildman–Crippen LogP) is 17.4. The number of benzene rings is 8. The van der Waals surface area contributed by atoms with E-state index in [0.29, 0.717) is 0 Å². The molecule has 0 radical (unpaired) electrons. The zero-order valence-corrected chi connectivity index (χ0v) is 45.9. The van der Waals surface area contributed by atoms with E-state index in [2.05, 4.69) is 256 Å². The Morgan fingerprint density at radius 3 is 1.66 bits per heavy atom. The molecule has 9 aromatic rings. The van der Waals surface area contributed by atoms with Gasteiger partial charge in [-0.1, -0.05) is 155 Å². The normalized spacial score (nSPS) is 17.4. The number of hydrogen-bond donors (Lipinski definition) is 0. The zero-order chi connectivity index (χ0) is 51.6. The number of fused-ring (bicyclic) bond motifs is 9. The minimum absolute atomic E-state index is 0.00732. The van der Waals surface area contributed by atoms with Crippen LogP contribution in [0.15, 0.2) is 156 Å². The van der Waals surface area contributed by atoms with Gasteiger partial charge in [-0.25, -0.2) is 0 Å². The minimum atomic E-state index is -0.126. The number of rotatable bonds is 5. The molecule has 0 fully saturated rings. The highest BCUT2D eigenvalue weighted by molar-refractivity contribution is 7.00. The topological polar surface area (TPSA) is 22.9 Å². The van der Waals surface area contributed by atoms with E-state index >= 15 is 0 Å². The third-order valence-electron chi connectivity index (χ3n) is 17.9. The highest BCUT2D eigenvalue weighted by Crippen LogP contribution is 2.56. The monoisotopic (exact) mass is 968 g/mol. The van der Waals surface area contributed by atoms with Crippen molar-refractivity contribution in [1.82, 2.24) is 0 Å². The summed E-state index contributed by atoms with van der Waals surface area (Å²) in [7, 11) is 0. The molecule has 0 unspecified atom stereocenters. The van der Waals surface area contributed by atoms with Gasteiger partial charge in [-0.2, -0.15) is 0 Å². The SMILES string of the molecule is Cc1cc2c3c(c1)N(c1ccc(C(C)(C)C)c4c1oc1ccccc14)c1cc(N(c4ccccc4)c4ccccc4)ccc1B3c1cc3c(cc1N2c1cc2c(cc1C)C(C)(C)CCC2(C)C)C(C)(C)CC3(C)C. The molecule has 0 bridgehead atoms. The summed E-state index contributed by atoms with van der Waals surface area (Å²) in [6.07, 6.45) is 3.44. The van der Waals surface area contributed by atoms with Crippen molar-refractivity contribution in [2.45, 2.75) is 136 Å². The van der Waals surface area contributed by atoms with Crippen LogP contribution in [0.4, 0.5) is 51.2 Å². The first-order valence-corrected chi connectivity index (χ1v) is 27.2. The Morgan fingerprint density at radius 2 is 1.03 bits per heavy atom. The molecule has 0 saturated carbocycles. The second-order valence-corrected chi connectivity index (χ2v) is 26.1. The summed E-state index contributed by atoms with van der Waals surface area (Å²) in [4.78, 5) is 7.70. The molecule has 0 saturated heterocycles. The van der Waals surface area contributed by atoms with Crippen LogP contribution in [0.2, 0.25) is 0 Å². The Morgan fingerprint density at radius 1 is 0.486 bits per heavy atom. The van der Waals surface area contributed by atoms with Crippen molar-refractivity contribution in [2.75, 3.05) is 14.7 Å². The van der Waals surface area contributed by atoms with Crippen molar-refractivity contribution in [3.8, 4) is 0 Å². The van der Waals surface area contributed by atoms with E-state index in [1.54, 1.807) is 0 Å². The summed E-state index contributed by atoms with van der Waals surface area (Å²) in [6, 6.07) is 57.8. The van der Waals surface area contributed by atoms with Gasteiger partial charge in [0.1, 0.15) is 5.58 Å². The average Bonchev–Trinajstić information content (AvgIpc) is 3.87. The molecule has 3 heterocycles. The van der Waals surface area contributed by atoms with Crippen LogP contribution in [-0.4, -0.2) is 6.71 Å². The maximum absolute atomic E-state index is 7.23. The van der Waals surface area contributed by atoms with Gasteiger partial charge in [0, 0.05) is 56.3 Å². The van der Waals surface area contributed by atoms with E-state index in [9.17, 15) is 0 Å². The van der Waals surface area contributed by atoms with Crippen molar-refractivity contribution in [1.29, 1.82) is 0 Å². The molecule has 1 aromatic heterocycles. The van der Waals surface area contributed by atoms with Gasteiger partial charge in [-0.3, -0.25) is 0 Å². The van der Waals surface area contributed by atoms with Crippen LogP contribution in [-0.2, 0) is 27.1 Å². The van der Waals surface area contributed by atoms with Crippen molar-refractivity contribution in [3.63, 3.8) is 0 Å². The second kappa shape index (κ2) is 15.8. The zero-order valence-electron chi connectivity index (χ0n) is 45.9. The van der Waals surface area contributed by atoms with Crippen molar-refractivity contribution >= 4 is 96.2 Å². The maximum atomic E-state index is 7.23. The van der Waals surface area contributed by atoms with Crippen molar-refractivity contribution < 1.29 is 4.42 Å². The average molecular weight is 968 g/mol. The number of aryl methyl sites for hydroxylation is 2. The fourth-order valence-corrected chi connectivity index (χ4v) is 14.4. The van der Waals surface area contributed by atoms with Crippen LogP contribution in [0.5, 0.6) is 0 Å². The number of nitrogens with zero attached hydrogens (tertiary/aromatic N) is 3. The summed E-state index contributed by atoms with van der Waals surface area (Å²) in [6.45, 7) is 31.3. The molecule has 2 aliphatic heterocycles. The highest BCUT2D eigenvalue weighted by atomic mass is 16.3. The molecule has 370 valence electrons. The van der Waals surface area contributed by atoms with Gasteiger partial charge in [0.05, 0.1) is 5.69 Å². The molecule has 13 rings (SSSR count). The molecule has 4 nitrogen and oxygen atoms in total. The molecule has 0 amide bonds. The molecular formula is C69H70BN3O. The Hall–Kier alpha value is -6.98. The smallest absolute Gasteiger partial charge is 0.252 e. The summed E-state index contributed by atoms with van der Waals surface area (Å²) in [5.74, 6) is 0. The van der Waals surface area contributed by atoms with Crippen LogP contribution in [0.1, 0.15) is 134 Å². The van der Waals surface area contributed by atoms with E-state index in [-0.39, 0.29) is 33.8 Å². The van der Waals surface area contributed by atoms with E-state index in [1.807, 2.05) is 0 Å². The van der Waals surface area contributed by atoms with Gasteiger partial charge in [-0.05, 0) is 188 Å². The first-order chi connectivity index (χ1) is 35.1.